The molecule has 0 spiro atoms. The van der Waals surface area contributed by atoms with Crippen molar-refractivity contribution in [1.82, 2.24) is 14.2 Å². The van der Waals surface area contributed by atoms with Crippen LogP contribution in [0.25, 0.3) is 5.52 Å². The highest BCUT2D eigenvalue weighted by Crippen LogP contribution is 2.11. The van der Waals surface area contributed by atoms with Crippen LogP contribution in [-0.4, -0.2) is 33.9 Å². The van der Waals surface area contributed by atoms with Crippen LogP contribution in [0.4, 0.5) is 0 Å². The minimum Gasteiger partial charge on any atom is -0.467 e. The van der Waals surface area contributed by atoms with Crippen LogP contribution in [0.3, 0.4) is 0 Å². The maximum Gasteiger partial charge on any atom is 0.327 e. The maximum absolute atomic E-state index is 12.2. The third kappa shape index (κ3) is 5.40. The number of rotatable bonds is 5. The predicted octanol–water partition coefficient (Wildman–Crippen LogP) is 2.82. The molecule has 7 nitrogen and oxygen atoms in total. The number of esters is 1. The Morgan fingerprint density at radius 1 is 1.25 bits per heavy atom. The number of carbonyl (C=O) groups excluding carboxylic acids is 1. The van der Waals surface area contributed by atoms with E-state index in [0.29, 0.717) is 12.1 Å². The van der Waals surface area contributed by atoms with E-state index >= 15 is 0 Å². The van der Waals surface area contributed by atoms with Gasteiger partial charge < -0.3 is 9.47 Å². The van der Waals surface area contributed by atoms with Crippen LogP contribution in [0.5, 0.6) is 6.01 Å². The van der Waals surface area contributed by atoms with Crippen LogP contribution in [0, 0.1) is 6.92 Å². The molecule has 0 bridgehead atoms. The quantitative estimate of drug-likeness (QED) is 0.783. The van der Waals surface area contributed by atoms with Crippen molar-refractivity contribution in [1.29, 1.82) is 0 Å². The van der Waals surface area contributed by atoms with Gasteiger partial charge in [0.1, 0.15) is 12.1 Å². The van der Waals surface area contributed by atoms with Gasteiger partial charge in [0.15, 0.2) is 0 Å². The van der Waals surface area contributed by atoms with Crippen molar-refractivity contribution < 1.29 is 14.3 Å². The first-order valence-corrected chi connectivity index (χ1v) is 8.36. The highest BCUT2D eigenvalue weighted by Gasteiger charge is 2.14. The largest absolute Gasteiger partial charge is 0.467 e. The van der Waals surface area contributed by atoms with Crippen molar-refractivity contribution in [3.05, 3.63) is 28.2 Å². The van der Waals surface area contributed by atoms with E-state index in [2.05, 4.69) is 5.10 Å². The molecule has 0 fully saturated rings. The molecule has 0 aliphatic rings. The van der Waals surface area contributed by atoms with Gasteiger partial charge in [-0.15, -0.1) is 5.10 Å². The van der Waals surface area contributed by atoms with Crippen molar-refractivity contribution in [2.75, 3.05) is 13.7 Å². The second kappa shape index (κ2) is 11.3. The number of ether oxygens (including phenoxy) is 2. The molecule has 7 heteroatoms. The van der Waals surface area contributed by atoms with E-state index in [1.165, 1.54) is 7.11 Å². The second-order valence-electron chi connectivity index (χ2n) is 4.44. The van der Waals surface area contributed by atoms with Crippen LogP contribution in [0.1, 0.15) is 46.6 Å². The topological polar surface area (TPSA) is 74.8 Å². The van der Waals surface area contributed by atoms with Gasteiger partial charge in [-0.2, -0.15) is 0 Å². The lowest BCUT2D eigenvalue weighted by atomic mass is 10.4. The van der Waals surface area contributed by atoms with E-state index in [1.54, 1.807) is 16.7 Å². The smallest absolute Gasteiger partial charge is 0.327 e. The van der Waals surface area contributed by atoms with E-state index in [0.717, 1.165) is 16.7 Å². The Bertz CT molecular complexity index is 689. The van der Waals surface area contributed by atoms with Crippen LogP contribution in [-0.2, 0) is 16.1 Å². The van der Waals surface area contributed by atoms with Gasteiger partial charge in [-0.3, -0.25) is 14.0 Å². The number of aromatic nitrogens is 3. The maximum atomic E-state index is 12.2. The molecule has 0 unspecified atom stereocenters. The summed E-state index contributed by atoms with van der Waals surface area (Å²) < 4.78 is 12.7. The first-order valence-electron chi connectivity index (χ1n) is 8.36. The van der Waals surface area contributed by atoms with Crippen molar-refractivity contribution in [2.45, 2.75) is 54.5 Å². The highest BCUT2D eigenvalue weighted by molar-refractivity contribution is 5.69. The fourth-order valence-corrected chi connectivity index (χ4v) is 1.88. The average molecular weight is 339 g/mol. The Labute approximate surface area is 143 Å². The van der Waals surface area contributed by atoms with Crippen LogP contribution in [0.15, 0.2) is 17.1 Å². The number of fused-ring (bicyclic) bond motifs is 1. The number of aryl methyl sites for hydroxylation is 1. The molecule has 24 heavy (non-hydrogen) atoms. The summed E-state index contributed by atoms with van der Waals surface area (Å²) in [6.07, 6.45) is 2.48. The van der Waals surface area contributed by atoms with Crippen molar-refractivity contribution in [2.24, 2.45) is 0 Å². The Morgan fingerprint density at radius 3 is 2.42 bits per heavy atom. The molecule has 2 aromatic rings. The Balaban J connectivity index is 0.00000123. The molecule has 2 heterocycles. The molecule has 0 saturated heterocycles. The molecule has 0 aliphatic heterocycles. The first kappa shape index (κ1) is 21.7. The third-order valence-electron chi connectivity index (χ3n) is 2.75. The number of carbonyl (C=O) groups is 1. The standard InChI is InChI=1S/C13H17N3O4.2C2H6/c1-4-5-20-11(17)8-16-12(18)10-6-9(2)7-15(10)13(14-16)19-3;2*1-2/h6-7H,4-5,8H2,1-3H3;2*1-2H3. The molecule has 0 saturated carbocycles. The molecule has 0 amide bonds. The summed E-state index contributed by atoms with van der Waals surface area (Å²) in [6, 6.07) is 1.97. The molecule has 0 N–H and O–H groups in total. The average Bonchev–Trinajstić information content (AvgIpc) is 3.01. The highest BCUT2D eigenvalue weighted by atomic mass is 16.5. The Morgan fingerprint density at radius 2 is 1.88 bits per heavy atom. The summed E-state index contributed by atoms with van der Waals surface area (Å²) in [5, 5.41) is 4.02. The molecular formula is C17H29N3O4. The first-order chi connectivity index (χ1) is 11.6. The molecule has 0 atom stereocenters. The number of methoxy groups -OCH3 is 1. The van der Waals surface area contributed by atoms with E-state index in [1.807, 2.05) is 41.5 Å². The summed E-state index contributed by atoms with van der Waals surface area (Å²) >= 11 is 0. The fraction of sp³-hybridized carbons (Fsp3) is 0.588. The van der Waals surface area contributed by atoms with Crippen molar-refractivity contribution in [3.63, 3.8) is 0 Å². The number of hydrogen-bond acceptors (Lipinski definition) is 5. The van der Waals surface area contributed by atoms with Gasteiger partial charge in [-0.05, 0) is 25.0 Å². The minimum atomic E-state index is -0.490. The van der Waals surface area contributed by atoms with E-state index in [4.69, 9.17) is 9.47 Å². The lowest BCUT2D eigenvalue weighted by molar-refractivity contribution is -0.144. The molecule has 0 aromatic carbocycles. The van der Waals surface area contributed by atoms with E-state index in [9.17, 15) is 9.59 Å². The van der Waals surface area contributed by atoms with Crippen molar-refractivity contribution in [3.8, 4) is 6.01 Å². The number of nitrogens with zero attached hydrogens (tertiary/aromatic N) is 3. The normalized spacial score (nSPS) is 9.46. The summed E-state index contributed by atoms with van der Waals surface area (Å²) in [5.74, 6) is -0.490. The summed E-state index contributed by atoms with van der Waals surface area (Å²) in [5.41, 5.74) is 0.971. The number of hydrogen-bond donors (Lipinski definition) is 0. The van der Waals surface area contributed by atoms with Gasteiger partial charge in [0.05, 0.1) is 13.7 Å². The van der Waals surface area contributed by atoms with E-state index < -0.39 is 5.97 Å². The predicted molar refractivity (Wildman–Crippen MR) is 94.7 cm³/mol. The third-order valence-corrected chi connectivity index (χ3v) is 2.75. The zero-order valence-corrected chi connectivity index (χ0v) is 15.8. The van der Waals surface area contributed by atoms with Gasteiger partial charge in [0, 0.05) is 6.20 Å². The van der Waals surface area contributed by atoms with Gasteiger partial charge in [-0.25, -0.2) is 4.68 Å². The summed E-state index contributed by atoms with van der Waals surface area (Å²) in [6.45, 7) is 11.9. The SMILES string of the molecule is CC.CC.CCCOC(=O)Cn1nc(OC)n2cc(C)cc2c1=O. The molecule has 136 valence electrons. The second-order valence-corrected chi connectivity index (χ2v) is 4.44. The molecule has 2 aromatic heterocycles. The minimum absolute atomic E-state index is 0.226. The van der Waals surface area contributed by atoms with Gasteiger partial charge in [0.2, 0.25) is 0 Å². The van der Waals surface area contributed by atoms with Gasteiger partial charge >= 0.3 is 12.0 Å². The molecule has 2 rings (SSSR count). The zero-order valence-electron chi connectivity index (χ0n) is 15.8. The molecule has 0 radical (unpaired) electrons. The van der Waals surface area contributed by atoms with Gasteiger partial charge in [-0.1, -0.05) is 34.6 Å². The van der Waals surface area contributed by atoms with Crippen LogP contribution < -0.4 is 10.3 Å². The summed E-state index contributed by atoms with van der Waals surface area (Å²) in [7, 11) is 1.46. The molecular weight excluding hydrogens is 310 g/mol. The fourth-order valence-electron chi connectivity index (χ4n) is 1.88. The summed E-state index contributed by atoms with van der Waals surface area (Å²) in [4.78, 5) is 23.8. The Hall–Kier alpha value is -2.31. The van der Waals surface area contributed by atoms with Crippen LogP contribution in [0.2, 0.25) is 0 Å². The monoisotopic (exact) mass is 339 g/mol. The Kier molecular flexibility index (Phi) is 10.2. The lowest BCUT2D eigenvalue weighted by Crippen LogP contribution is -2.29. The lowest BCUT2D eigenvalue weighted by Gasteiger charge is -2.08. The van der Waals surface area contributed by atoms with Crippen molar-refractivity contribution >= 4 is 11.5 Å². The van der Waals surface area contributed by atoms with Crippen LogP contribution >= 0.6 is 0 Å². The zero-order chi connectivity index (χ0) is 18.7. The molecule has 0 aliphatic carbocycles. The van der Waals surface area contributed by atoms with E-state index in [-0.39, 0.29) is 18.1 Å². The van der Waals surface area contributed by atoms with Gasteiger partial charge in [0.25, 0.3) is 5.56 Å².